The largest absolute Gasteiger partial charge is 0.444 e. The Hall–Kier alpha value is -2.73. The second-order valence-electron chi connectivity index (χ2n) is 8.57. The molecule has 2 heterocycles. The maximum absolute atomic E-state index is 12.4. The summed E-state index contributed by atoms with van der Waals surface area (Å²) in [5, 5.41) is 0.726. The Bertz CT molecular complexity index is 1050. The van der Waals surface area contributed by atoms with E-state index in [1.54, 1.807) is 4.90 Å². The zero-order valence-corrected chi connectivity index (χ0v) is 18.4. The molecule has 0 unspecified atom stereocenters. The third kappa shape index (κ3) is 4.54. The summed E-state index contributed by atoms with van der Waals surface area (Å²) in [5.74, 6) is 0.917. The highest BCUT2D eigenvalue weighted by atomic mass is 35.5. The number of halogens is 1. The number of carbonyl (C=O) groups excluding carboxylic acids is 1. The highest BCUT2D eigenvalue weighted by Gasteiger charge is 2.28. The fourth-order valence-corrected chi connectivity index (χ4v) is 3.91. The van der Waals surface area contributed by atoms with Crippen molar-refractivity contribution in [2.45, 2.75) is 32.9 Å². The molecular formula is C23H27ClN4O2. The molecule has 158 valence electrons. The van der Waals surface area contributed by atoms with Crippen LogP contribution in [0.2, 0.25) is 5.02 Å². The van der Waals surface area contributed by atoms with Crippen molar-refractivity contribution in [2.24, 2.45) is 0 Å². The maximum Gasteiger partial charge on any atom is 0.410 e. The zero-order valence-electron chi connectivity index (χ0n) is 17.6. The topological polar surface area (TPSA) is 50.6 Å². The number of hydrogen-bond donors (Lipinski definition) is 0. The molecule has 1 saturated heterocycles. The monoisotopic (exact) mass is 426 g/mol. The summed E-state index contributed by atoms with van der Waals surface area (Å²) in [4.78, 5) is 21.3. The molecule has 1 aliphatic rings. The summed E-state index contributed by atoms with van der Waals surface area (Å²) < 4.78 is 7.74. The molecule has 0 N–H and O–H groups in total. The molecule has 6 nitrogen and oxygen atoms in total. The Morgan fingerprint density at radius 2 is 1.80 bits per heavy atom. The van der Waals surface area contributed by atoms with Gasteiger partial charge in [-0.1, -0.05) is 35.9 Å². The molecule has 3 aromatic rings. The van der Waals surface area contributed by atoms with E-state index in [4.69, 9.17) is 21.3 Å². The first-order valence-corrected chi connectivity index (χ1v) is 10.6. The standard InChI is InChI=1S/C23H27ClN4O2/c1-23(2,3)30-22(29)27-13-11-26(12-14-27)21-25-19-9-4-5-10-20(19)28(21)16-17-7-6-8-18(24)15-17/h4-10,15H,11-14,16H2,1-3H3. The van der Waals surface area contributed by atoms with Crippen LogP contribution >= 0.6 is 11.6 Å². The molecule has 30 heavy (non-hydrogen) atoms. The van der Waals surface area contributed by atoms with Gasteiger partial charge in [0.2, 0.25) is 5.95 Å². The summed E-state index contributed by atoms with van der Waals surface area (Å²) in [6.07, 6.45) is -0.255. The van der Waals surface area contributed by atoms with Crippen molar-refractivity contribution in [3.05, 3.63) is 59.1 Å². The number of piperazine rings is 1. The lowest BCUT2D eigenvalue weighted by molar-refractivity contribution is 0.0240. The number of anilines is 1. The van der Waals surface area contributed by atoms with Crippen LogP contribution in [0.25, 0.3) is 11.0 Å². The van der Waals surface area contributed by atoms with E-state index >= 15 is 0 Å². The van der Waals surface area contributed by atoms with Gasteiger partial charge in [-0.25, -0.2) is 9.78 Å². The lowest BCUT2D eigenvalue weighted by Crippen LogP contribution is -2.50. The van der Waals surface area contributed by atoms with Crippen LogP contribution < -0.4 is 4.90 Å². The Balaban J connectivity index is 1.57. The van der Waals surface area contributed by atoms with Gasteiger partial charge in [0.15, 0.2) is 0 Å². The Kier molecular flexibility index (Phi) is 5.60. The Morgan fingerprint density at radius 1 is 1.07 bits per heavy atom. The van der Waals surface area contributed by atoms with Gasteiger partial charge in [-0.05, 0) is 50.6 Å². The summed E-state index contributed by atoms with van der Waals surface area (Å²) in [6.45, 7) is 8.97. The van der Waals surface area contributed by atoms with Crippen molar-refractivity contribution in [1.29, 1.82) is 0 Å². The number of para-hydroxylation sites is 2. The zero-order chi connectivity index (χ0) is 21.3. The lowest BCUT2D eigenvalue weighted by atomic mass is 10.2. The smallest absolute Gasteiger partial charge is 0.410 e. The van der Waals surface area contributed by atoms with Crippen molar-refractivity contribution in [1.82, 2.24) is 14.5 Å². The molecule has 0 aliphatic carbocycles. The number of rotatable bonds is 3. The summed E-state index contributed by atoms with van der Waals surface area (Å²) in [6, 6.07) is 16.1. The SMILES string of the molecule is CC(C)(C)OC(=O)N1CCN(c2nc3ccccc3n2Cc2cccc(Cl)c2)CC1. The molecule has 4 rings (SSSR count). The maximum atomic E-state index is 12.4. The predicted octanol–water partition coefficient (Wildman–Crippen LogP) is 4.80. The van der Waals surface area contributed by atoms with Crippen LogP contribution in [0, 0.1) is 0 Å². The van der Waals surface area contributed by atoms with Gasteiger partial charge >= 0.3 is 6.09 Å². The van der Waals surface area contributed by atoms with Crippen molar-refractivity contribution >= 4 is 34.7 Å². The van der Waals surface area contributed by atoms with Crippen LogP contribution in [0.4, 0.5) is 10.7 Å². The Morgan fingerprint density at radius 3 is 2.50 bits per heavy atom. The van der Waals surface area contributed by atoms with Gasteiger partial charge in [-0.2, -0.15) is 0 Å². The van der Waals surface area contributed by atoms with E-state index in [1.807, 2.05) is 57.2 Å². The number of hydrogen-bond acceptors (Lipinski definition) is 4. The van der Waals surface area contributed by atoms with E-state index in [9.17, 15) is 4.79 Å². The van der Waals surface area contributed by atoms with Crippen LogP contribution in [0.5, 0.6) is 0 Å². The van der Waals surface area contributed by atoms with Gasteiger partial charge in [-0.3, -0.25) is 0 Å². The third-order valence-corrected chi connectivity index (χ3v) is 5.31. The van der Waals surface area contributed by atoms with Crippen LogP contribution in [0.15, 0.2) is 48.5 Å². The number of benzene rings is 2. The summed E-state index contributed by atoms with van der Waals surface area (Å²) in [7, 11) is 0. The normalized spacial score (nSPS) is 14.9. The summed E-state index contributed by atoms with van der Waals surface area (Å²) >= 11 is 6.20. The van der Waals surface area contributed by atoms with Crippen LogP contribution in [0.3, 0.4) is 0 Å². The number of fused-ring (bicyclic) bond motifs is 1. The first-order chi connectivity index (χ1) is 14.3. The van der Waals surface area contributed by atoms with E-state index in [-0.39, 0.29) is 6.09 Å². The van der Waals surface area contributed by atoms with Crippen LogP contribution in [-0.2, 0) is 11.3 Å². The molecular weight excluding hydrogens is 400 g/mol. The minimum absolute atomic E-state index is 0.255. The van der Waals surface area contributed by atoms with Crippen LogP contribution in [0.1, 0.15) is 26.3 Å². The van der Waals surface area contributed by atoms with Crippen molar-refractivity contribution in [2.75, 3.05) is 31.1 Å². The van der Waals surface area contributed by atoms with Gasteiger partial charge < -0.3 is 19.1 Å². The van der Waals surface area contributed by atoms with Gasteiger partial charge in [0.1, 0.15) is 5.60 Å². The van der Waals surface area contributed by atoms with E-state index in [1.165, 1.54) is 0 Å². The molecule has 0 bridgehead atoms. The molecule has 1 aromatic heterocycles. The van der Waals surface area contributed by atoms with Gasteiger partial charge in [0.25, 0.3) is 0 Å². The molecule has 0 spiro atoms. The molecule has 7 heteroatoms. The highest BCUT2D eigenvalue weighted by Crippen LogP contribution is 2.26. The predicted molar refractivity (Wildman–Crippen MR) is 120 cm³/mol. The Labute approximate surface area is 182 Å². The second kappa shape index (κ2) is 8.19. The lowest BCUT2D eigenvalue weighted by Gasteiger charge is -2.36. The van der Waals surface area contributed by atoms with Gasteiger partial charge in [0, 0.05) is 31.2 Å². The number of amides is 1. The molecule has 1 fully saturated rings. The quantitative estimate of drug-likeness (QED) is 0.603. The number of ether oxygens (including phenoxy) is 1. The van der Waals surface area contributed by atoms with E-state index in [0.29, 0.717) is 32.7 Å². The van der Waals surface area contributed by atoms with Crippen molar-refractivity contribution in [3.8, 4) is 0 Å². The number of nitrogens with zero attached hydrogens (tertiary/aromatic N) is 4. The van der Waals surface area contributed by atoms with Crippen LogP contribution in [-0.4, -0.2) is 52.3 Å². The molecule has 1 aliphatic heterocycles. The first kappa shape index (κ1) is 20.5. The molecule has 2 aromatic carbocycles. The van der Waals surface area contributed by atoms with E-state index in [2.05, 4.69) is 21.6 Å². The average molecular weight is 427 g/mol. The summed E-state index contributed by atoms with van der Waals surface area (Å²) in [5.41, 5.74) is 2.68. The molecule has 0 radical (unpaired) electrons. The molecule has 1 amide bonds. The van der Waals surface area contributed by atoms with Gasteiger partial charge in [0.05, 0.1) is 17.6 Å². The fourth-order valence-electron chi connectivity index (χ4n) is 3.69. The van der Waals surface area contributed by atoms with E-state index in [0.717, 1.165) is 27.6 Å². The molecule has 0 atom stereocenters. The van der Waals surface area contributed by atoms with E-state index < -0.39 is 5.60 Å². The third-order valence-electron chi connectivity index (χ3n) is 5.08. The second-order valence-corrected chi connectivity index (χ2v) is 9.01. The number of aromatic nitrogens is 2. The minimum atomic E-state index is -0.487. The molecule has 0 saturated carbocycles. The number of carbonyl (C=O) groups is 1. The number of imidazole rings is 1. The highest BCUT2D eigenvalue weighted by molar-refractivity contribution is 6.30. The van der Waals surface area contributed by atoms with Gasteiger partial charge in [-0.15, -0.1) is 0 Å². The average Bonchev–Trinajstić information content (AvgIpc) is 3.05. The first-order valence-electron chi connectivity index (χ1n) is 10.2. The van der Waals surface area contributed by atoms with Crippen molar-refractivity contribution in [3.63, 3.8) is 0 Å². The minimum Gasteiger partial charge on any atom is -0.444 e. The van der Waals surface area contributed by atoms with Crippen molar-refractivity contribution < 1.29 is 9.53 Å². The fraction of sp³-hybridized carbons (Fsp3) is 0.391.